The topological polar surface area (TPSA) is 99.4 Å². The third-order valence-electron chi connectivity index (χ3n) is 5.68. The summed E-state index contributed by atoms with van der Waals surface area (Å²) in [5.74, 6) is 0.709. The van der Waals surface area contributed by atoms with E-state index in [9.17, 15) is 9.59 Å². The van der Waals surface area contributed by atoms with Crippen molar-refractivity contribution < 1.29 is 19.1 Å². The Hall–Kier alpha value is -2.97. The molecule has 1 fully saturated rings. The lowest BCUT2D eigenvalue weighted by molar-refractivity contribution is 0.0383. The second-order valence-electron chi connectivity index (χ2n) is 7.43. The molecular formula is C20H27N5O4. The van der Waals surface area contributed by atoms with Crippen LogP contribution < -0.4 is 0 Å². The van der Waals surface area contributed by atoms with Crippen molar-refractivity contribution in [2.75, 3.05) is 20.8 Å². The first-order chi connectivity index (χ1) is 13.9. The van der Waals surface area contributed by atoms with Gasteiger partial charge >= 0.3 is 12.1 Å². The van der Waals surface area contributed by atoms with Crippen LogP contribution in [0.5, 0.6) is 0 Å². The zero-order valence-corrected chi connectivity index (χ0v) is 17.3. The molecule has 3 rings (SSSR count). The molecule has 0 aliphatic heterocycles. The van der Waals surface area contributed by atoms with Crippen LogP contribution in [0.15, 0.2) is 24.3 Å². The van der Waals surface area contributed by atoms with Gasteiger partial charge in [0.15, 0.2) is 5.82 Å². The van der Waals surface area contributed by atoms with Gasteiger partial charge in [0, 0.05) is 7.05 Å². The minimum Gasteiger partial charge on any atom is -0.462 e. The van der Waals surface area contributed by atoms with Gasteiger partial charge in [0.2, 0.25) is 0 Å². The summed E-state index contributed by atoms with van der Waals surface area (Å²) in [6, 6.07) is 6.95. The van der Waals surface area contributed by atoms with Gasteiger partial charge in [-0.15, -0.1) is 5.10 Å². The monoisotopic (exact) mass is 401 g/mol. The highest BCUT2D eigenvalue weighted by atomic mass is 16.5. The molecule has 156 valence electrons. The summed E-state index contributed by atoms with van der Waals surface area (Å²) in [6.45, 7) is 4.26. The van der Waals surface area contributed by atoms with Crippen LogP contribution in [0.4, 0.5) is 4.79 Å². The quantitative estimate of drug-likeness (QED) is 0.710. The lowest BCUT2D eigenvalue weighted by Gasteiger charge is -2.43. The Morgan fingerprint density at radius 1 is 1.31 bits per heavy atom. The van der Waals surface area contributed by atoms with Gasteiger partial charge in [0.25, 0.3) is 0 Å². The number of aromatic nitrogens is 4. The number of carbonyl (C=O) groups is 2. The number of ether oxygens (including phenoxy) is 2. The molecule has 0 saturated heterocycles. The SMILES string of the molecule is CCOC(=O)c1cccc(-n2nnnc2C2(N(C)C(=O)OC)CCC(C)CC2)c1. The van der Waals surface area contributed by atoms with Crippen LogP contribution in [0.1, 0.15) is 55.7 Å². The maximum atomic E-state index is 12.4. The van der Waals surface area contributed by atoms with Crippen LogP contribution in [-0.4, -0.2) is 57.9 Å². The first-order valence-electron chi connectivity index (χ1n) is 9.81. The molecule has 0 atom stereocenters. The van der Waals surface area contributed by atoms with Crippen LogP contribution in [0.2, 0.25) is 0 Å². The highest BCUT2D eigenvalue weighted by Gasteiger charge is 2.46. The van der Waals surface area contributed by atoms with Crippen molar-refractivity contribution in [2.24, 2.45) is 5.92 Å². The van der Waals surface area contributed by atoms with Gasteiger partial charge in [-0.3, -0.25) is 4.90 Å². The third kappa shape index (κ3) is 3.94. The number of nitrogens with zero attached hydrogens (tertiary/aromatic N) is 5. The van der Waals surface area contributed by atoms with Gasteiger partial charge in [-0.1, -0.05) is 13.0 Å². The van der Waals surface area contributed by atoms with Crippen molar-refractivity contribution in [1.29, 1.82) is 0 Å². The van der Waals surface area contributed by atoms with Gasteiger partial charge in [0.05, 0.1) is 25.0 Å². The molecule has 1 saturated carbocycles. The average Bonchev–Trinajstić information content (AvgIpc) is 3.24. The van der Waals surface area contributed by atoms with Crippen molar-refractivity contribution in [3.05, 3.63) is 35.7 Å². The van der Waals surface area contributed by atoms with E-state index in [0.717, 1.165) is 25.7 Å². The second kappa shape index (κ2) is 8.59. The molecule has 0 bridgehead atoms. The number of esters is 1. The van der Waals surface area contributed by atoms with Gasteiger partial charge < -0.3 is 9.47 Å². The van der Waals surface area contributed by atoms with E-state index in [1.165, 1.54) is 7.11 Å². The summed E-state index contributed by atoms with van der Waals surface area (Å²) < 4.78 is 11.7. The molecule has 29 heavy (non-hydrogen) atoms. The molecule has 0 unspecified atom stereocenters. The number of methoxy groups -OCH3 is 1. The number of benzene rings is 1. The van der Waals surface area contributed by atoms with Crippen molar-refractivity contribution in [2.45, 2.75) is 45.1 Å². The Labute approximate surface area is 170 Å². The number of hydrogen-bond acceptors (Lipinski definition) is 7. The second-order valence-corrected chi connectivity index (χ2v) is 7.43. The Balaban J connectivity index is 2.06. The normalized spacial score (nSPS) is 21.4. The molecule has 1 aromatic heterocycles. The van der Waals surface area contributed by atoms with E-state index in [1.54, 1.807) is 41.8 Å². The van der Waals surface area contributed by atoms with Crippen LogP contribution in [-0.2, 0) is 15.0 Å². The zero-order chi connectivity index (χ0) is 21.0. The molecule has 2 aromatic rings. The van der Waals surface area contributed by atoms with Crippen molar-refractivity contribution in [3.8, 4) is 5.69 Å². The minimum absolute atomic E-state index is 0.296. The van der Waals surface area contributed by atoms with Gasteiger partial charge in [0.1, 0.15) is 5.54 Å². The number of rotatable bonds is 5. The molecular weight excluding hydrogens is 374 g/mol. The van der Waals surface area contributed by atoms with Gasteiger partial charge in [-0.25, -0.2) is 9.59 Å². The maximum absolute atomic E-state index is 12.4. The van der Waals surface area contributed by atoms with E-state index in [0.29, 0.717) is 29.6 Å². The molecule has 1 aliphatic rings. The van der Waals surface area contributed by atoms with E-state index < -0.39 is 17.6 Å². The van der Waals surface area contributed by atoms with Crippen LogP contribution >= 0.6 is 0 Å². The smallest absolute Gasteiger partial charge is 0.410 e. The van der Waals surface area contributed by atoms with Crippen LogP contribution in [0, 0.1) is 5.92 Å². The summed E-state index contributed by atoms with van der Waals surface area (Å²) in [7, 11) is 3.08. The van der Waals surface area contributed by atoms with E-state index in [1.807, 2.05) is 6.07 Å². The Morgan fingerprint density at radius 3 is 2.69 bits per heavy atom. The Kier molecular flexibility index (Phi) is 6.14. The average molecular weight is 401 g/mol. The molecule has 1 aliphatic carbocycles. The number of carbonyl (C=O) groups excluding carboxylic acids is 2. The van der Waals surface area contributed by atoms with Crippen LogP contribution in [0.3, 0.4) is 0 Å². The number of amides is 1. The molecule has 1 heterocycles. The molecule has 0 spiro atoms. The molecule has 0 N–H and O–H groups in total. The Bertz CT molecular complexity index is 873. The lowest BCUT2D eigenvalue weighted by atomic mass is 9.75. The highest BCUT2D eigenvalue weighted by molar-refractivity contribution is 5.90. The van der Waals surface area contributed by atoms with E-state index >= 15 is 0 Å². The predicted octanol–water partition coefficient (Wildman–Crippen LogP) is 2.94. The maximum Gasteiger partial charge on any atom is 0.410 e. The fourth-order valence-electron chi connectivity index (χ4n) is 3.89. The standard InChI is InChI=1S/C20H27N5O4/c1-5-29-17(26)15-7-6-8-16(13-15)25-18(21-22-23-25)20(24(3)19(27)28-4)11-9-14(2)10-12-20/h6-8,13-14H,5,9-12H2,1-4H3. The molecule has 0 radical (unpaired) electrons. The Morgan fingerprint density at radius 2 is 2.03 bits per heavy atom. The van der Waals surface area contributed by atoms with Gasteiger partial charge in [-0.05, 0) is 67.2 Å². The first-order valence-corrected chi connectivity index (χ1v) is 9.81. The van der Waals surface area contributed by atoms with E-state index in [2.05, 4.69) is 22.4 Å². The summed E-state index contributed by atoms with van der Waals surface area (Å²) in [4.78, 5) is 26.2. The highest BCUT2D eigenvalue weighted by Crippen LogP contribution is 2.43. The summed E-state index contributed by atoms with van der Waals surface area (Å²) in [5, 5.41) is 12.3. The molecule has 1 aromatic carbocycles. The van der Waals surface area contributed by atoms with Crippen molar-refractivity contribution >= 4 is 12.1 Å². The van der Waals surface area contributed by atoms with E-state index in [4.69, 9.17) is 9.47 Å². The number of hydrogen-bond donors (Lipinski definition) is 0. The summed E-state index contributed by atoms with van der Waals surface area (Å²) in [5.41, 5.74) is 0.355. The third-order valence-corrected chi connectivity index (χ3v) is 5.68. The minimum atomic E-state index is -0.691. The van der Waals surface area contributed by atoms with E-state index in [-0.39, 0.29) is 0 Å². The largest absolute Gasteiger partial charge is 0.462 e. The van der Waals surface area contributed by atoms with Gasteiger partial charge in [-0.2, -0.15) is 4.68 Å². The van der Waals surface area contributed by atoms with Crippen molar-refractivity contribution in [1.82, 2.24) is 25.1 Å². The van der Waals surface area contributed by atoms with Crippen molar-refractivity contribution in [3.63, 3.8) is 0 Å². The lowest BCUT2D eigenvalue weighted by Crippen LogP contribution is -2.50. The fraction of sp³-hybridized carbons (Fsp3) is 0.550. The summed E-state index contributed by atoms with van der Waals surface area (Å²) >= 11 is 0. The fourth-order valence-corrected chi connectivity index (χ4v) is 3.89. The molecule has 9 nitrogen and oxygen atoms in total. The first kappa shape index (κ1) is 20.8. The molecule has 9 heteroatoms. The summed E-state index contributed by atoms with van der Waals surface area (Å²) in [6.07, 6.45) is 2.89. The van der Waals surface area contributed by atoms with Crippen LogP contribution in [0.25, 0.3) is 5.69 Å². The zero-order valence-electron chi connectivity index (χ0n) is 17.3. The molecule has 1 amide bonds. The predicted molar refractivity (Wildman–Crippen MR) is 105 cm³/mol. The number of tetrazole rings is 1.